The normalized spacial score (nSPS) is 13.4. The summed E-state index contributed by atoms with van der Waals surface area (Å²) in [4.78, 5) is 4.61. The van der Waals surface area contributed by atoms with Gasteiger partial charge in [-0.2, -0.15) is 0 Å². The lowest BCUT2D eigenvalue weighted by atomic mass is 9.95. The van der Waals surface area contributed by atoms with Gasteiger partial charge in [-0.1, -0.05) is 44.4 Å². The molecule has 0 fully saturated rings. The summed E-state index contributed by atoms with van der Waals surface area (Å²) in [5.74, 6) is 1.93. The summed E-state index contributed by atoms with van der Waals surface area (Å²) in [7, 11) is 0. The second kappa shape index (κ2) is 6.15. The number of para-hydroxylation sites is 1. The molecule has 1 aromatic heterocycles. The van der Waals surface area contributed by atoms with Crippen LogP contribution in [0.25, 0.3) is 11.0 Å². The van der Waals surface area contributed by atoms with Crippen LogP contribution in [0.5, 0.6) is 0 Å². The van der Waals surface area contributed by atoms with E-state index in [4.69, 9.17) is 23.2 Å². The molecule has 0 aliphatic rings. The summed E-state index contributed by atoms with van der Waals surface area (Å²) in [6.07, 6.45) is 2.28. The molecule has 0 amide bonds. The molecule has 1 heterocycles. The summed E-state index contributed by atoms with van der Waals surface area (Å²) < 4.78 is 2.22. The van der Waals surface area contributed by atoms with Crippen molar-refractivity contribution in [3.8, 4) is 0 Å². The smallest absolute Gasteiger partial charge is 0.125 e. The van der Waals surface area contributed by atoms with Gasteiger partial charge in [0.25, 0.3) is 0 Å². The molecule has 0 saturated heterocycles. The first kappa shape index (κ1) is 14.7. The molecule has 0 radical (unpaired) electrons. The van der Waals surface area contributed by atoms with E-state index in [9.17, 15) is 0 Å². The molecular weight excluding hydrogens is 279 g/mol. The van der Waals surface area contributed by atoms with Crippen LogP contribution in [0.3, 0.4) is 0 Å². The van der Waals surface area contributed by atoms with Crippen LogP contribution < -0.4 is 0 Å². The Hall–Kier alpha value is -0.730. The van der Waals surface area contributed by atoms with Crippen LogP contribution in [-0.4, -0.2) is 9.55 Å². The van der Waals surface area contributed by atoms with E-state index in [0.29, 0.717) is 17.8 Å². The lowest BCUT2D eigenvalue weighted by molar-refractivity contribution is 0.334. The second-order valence-corrected chi connectivity index (χ2v) is 5.63. The average Bonchev–Trinajstić information content (AvgIpc) is 2.79. The molecule has 0 saturated carbocycles. The minimum absolute atomic E-state index is 0.355. The summed E-state index contributed by atoms with van der Waals surface area (Å²) in [6, 6.07) is 6.20. The molecule has 2 rings (SSSR count). The van der Waals surface area contributed by atoms with Crippen LogP contribution in [0, 0.1) is 5.92 Å². The predicted molar refractivity (Wildman–Crippen MR) is 83.1 cm³/mol. The summed E-state index contributed by atoms with van der Waals surface area (Å²) in [5.41, 5.74) is 1.94. The fraction of sp³-hybridized carbons (Fsp3) is 0.533. The fourth-order valence-electron chi connectivity index (χ4n) is 2.87. The van der Waals surface area contributed by atoms with E-state index < -0.39 is 0 Å². The van der Waals surface area contributed by atoms with Crippen molar-refractivity contribution in [2.45, 2.75) is 45.5 Å². The first-order chi connectivity index (χ1) is 9.13. The van der Waals surface area contributed by atoms with Crippen molar-refractivity contribution >= 4 is 34.2 Å². The number of aromatic nitrogens is 2. The Balaban J connectivity index is 2.63. The number of imidazole rings is 1. The van der Waals surface area contributed by atoms with Crippen molar-refractivity contribution in [2.75, 3.05) is 0 Å². The van der Waals surface area contributed by atoms with Crippen molar-refractivity contribution in [2.24, 2.45) is 5.92 Å². The molecule has 2 aromatic rings. The molecule has 1 unspecified atom stereocenters. The molecular formula is C15H20Cl2N2. The molecule has 1 atom stereocenters. The molecule has 2 nitrogen and oxygen atoms in total. The van der Waals surface area contributed by atoms with Crippen molar-refractivity contribution in [3.63, 3.8) is 0 Å². The number of hydrogen-bond acceptors (Lipinski definition) is 1. The van der Waals surface area contributed by atoms with Crippen LogP contribution in [0.4, 0.5) is 0 Å². The Labute approximate surface area is 124 Å². The monoisotopic (exact) mass is 298 g/mol. The van der Waals surface area contributed by atoms with E-state index in [0.717, 1.165) is 34.7 Å². The number of fused-ring (bicyclic) bond motifs is 1. The molecule has 0 aliphatic heterocycles. The van der Waals surface area contributed by atoms with Gasteiger partial charge in [-0.25, -0.2) is 4.98 Å². The van der Waals surface area contributed by atoms with Crippen LogP contribution in [0.2, 0.25) is 5.02 Å². The number of alkyl halides is 1. The predicted octanol–water partition coefficient (Wildman–Crippen LogP) is 5.43. The molecule has 0 spiro atoms. The van der Waals surface area contributed by atoms with Gasteiger partial charge in [0.1, 0.15) is 5.82 Å². The summed E-state index contributed by atoms with van der Waals surface area (Å²) in [5, 5.41) is 0.749. The third-order valence-electron chi connectivity index (χ3n) is 3.99. The van der Waals surface area contributed by atoms with Crippen molar-refractivity contribution < 1.29 is 0 Å². The lowest BCUT2D eigenvalue weighted by Crippen LogP contribution is -2.17. The van der Waals surface area contributed by atoms with Crippen molar-refractivity contribution in [3.05, 3.63) is 29.0 Å². The Morgan fingerprint density at radius 3 is 2.53 bits per heavy atom. The summed E-state index contributed by atoms with van der Waals surface area (Å²) in [6.45, 7) is 6.69. The Morgan fingerprint density at radius 1 is 1.26 bits per heavy atom. The first-order valence-corrected chi connectivity index (χ1v) is 7.76. The molecule has 4 heteroatoms. The number of nitrogens with zero attached hydrogens (tertiary/aromatic N) is 2. The Bertz CT molecular complexity index is 559. The third-order valence-corrected chi connectivity index (χ3v) is 4.54. The van der Waals surface area contributed by atoms with Gasteiger partial charge < -0.3 is 4.57 Å². The van der Waals surface area contributed by atoms with E-state index in [2.05, 4.69) is 30.3 Å². The van der Waals surface area contributed by atoms with Crippen molar-refractivity contribution in [1.82, 2.24) is 9.55 Å². The molecule has 0 N–H and O–H groups in total. The zero-order valence-electron chi connectivity index (χ0n) is 11.7. The van der Waals surface area contributed by atoms with Gasteiger partial charge in [0.2, 0.25) is 0 Å². The molecule has 1 aromatic carbocycles. The third kappa shape index (κ3) is 2.61. The highest BCUT2D eigenvalue weighted by Gasteiger charge is 2.22. The maximum atomic E-state index is 6.36. The Morgan fingerprint density at radius 2 is 1.95 bits per heavy atom. The highest BCUT2D eigenvalue weighted by molar-refractivity contribution is 6.35. The zero-order valence-corrected chi connectivity index (χ0v) is 13.2. The highest BCUT2D eigenvalue weighted by atomic mass is 35.5. The SMILES string of the molecule is CCC(CC)C(C)n1c(CCl)nc2cccc(Cl)c21. The van der Waals surface area contributed by atoms with Crippen LogP contribution >= 0.6 is 23.2 Å². The van der Waals surface area contributed by atoms with Gasteiger partial charge in [-0.15, -0.1) is 11.6 Å². The minimum Gasteiger partial charge on any atom is -0.323 e. The second-order valence-electron chi connectivity index (χ2n) is 4.96. The van der Waals surface area contributed by atoms with E-state index in [1.54, 1.807) is 0 Å². The molecule has 0 aliphatic carbocycles. The maximum Gasteiger partial charge on any atom is 0.125 e. The number of rotatable bonds is 5. The Kier molecular flexibility index (Phi) is 4.75. The van der Waals surface area contributed by atoms with Gasteiger partial charge >= 0.3 is 0 Å². The van der Waals surface area contributed by atoms with E-state index in [1.165, 1.54) is 0 Å². The van der Waals surface area contributed by atoms with Gasteiger partial charge in [0.05, 0.1) is 21.9 Å². The van der Waals surface area contributed by atoms with E-state index in [-0.39, 0.29) is 0 Å². The van der Waals surface area contributed by atoms with E-state index >= 15 is 0 Å². The molecule has 104 valence electrons. The topological polar surface area (TPSA) is 17.8 Å². The van der Waals surface area contributed by atoms with Crippen LogP contribution in [0.15, 0.2) is 18.2 Å². The first-order valence-electron chi connectivity index (χ1n) is 6.85. The fourth-order valence-corrected chi connectivity index (χ4v) is 3.32. The van der Waals surface area contributed by atoms with Gasteiger partial charge in [-0.05, 0) is 25.0 Å². The lowest BCUT2D eigenvalue weighted by Gasteiger charge is -2.25. The number of benzene rings is 1. The number of hydrogen-bond donors (Lipinski definition) is 0. The van der Waals surface area contributed by atoms with Crippen LogP contribution in [0.1, 0.15) is 45.5 Å². The van der Waals surface area contributed by atoms with Gasteiger partial charge in [-0.3, -0.25) is 0 Å². The molecule has 0 bridgehead atoms. The molecule has 19 heavy (non-hydrogen) atoms. The quantitative estimate of drug-likeness (QED) is 0.673. The minimum atomic E-state index is 0.355. The van der Waals surface area contributed by atoms with Gasteiger partial charge in [0, 0.05) is 6.04 Å². The zero-order chi connectivity index (χ0) is 14.0. The standard InChI is InChI=1S/C15H20Cl2N2/c1-4-11(5-2)10(3)19-14(9-16)18-13-8-6-7-12(17)15(13)19/h6-8,10-11H,4-5,9H2,1-3H3. The van der Waals surface area contributed by atoms with Gasteiger partial charge in [0.15, 0.2) is 0 Å². The van der Waals surface area contributed by atoms with Crippen LogP contribution in [-0.2, 0) is 5.88 Å². The average molecular weight is 299 g/mol. The largest absolute Gasteiger partial charge is 0.323 e. The summed E-state index contributed by atoms with van der Waals surface area (Å²) >= 11 is 12.4. The number of halogens is 2. The maximum absolute atomic E-state index is 6.36. The van der Waals surface area contributed by atoms with E-state index in [1.807, 2.05) is 18.2 Å². The highest BCUT2D eigenvalue weighted by Crippen LogP contribution is 2.33. The van der Waals surface area contributed by atoms with Crippen molar-refractivity contribution in [1.29, 1.82) is 0 Å².